The summed E-state index contributed by atoms with van der Waals surface area (Å²) in [6.45, 7) is 0. The van der Waals surface area contributed by atoms with E-state index in [0.717, 1.165) is 0 Å². The van der Waals surface area contributed by atoms with E-state index in [9.17, 15) is 9.59 Å². The Bertz CT molecular complexity index is 681. The van der Waals surface area contributed by atoms with Crippen LogP contribution >= 0.6 is 0 Å². The maximum absolute atomic E-state index is 12.2. The predicted octanol–water partition coefficient (Wildman–Crippen LogP) is 2.37. The van der Waals surface area contributed by atoms with Crippen LogP contribution in [0.25, 0.3) is 0 Å². The quantitative estimate of drug-likeness (QED) is 0.864. The van der Waals surface area contributed by atoms with Gasteiger partial charge in [0.25, 0.3) is 5.91 Å². The van der Waals surface area contributed by atoms with Crippen molar-refractivity contribution in [1.82, 2.24) is 4.57 Å². The van der Waals surface area contributed by atoms with Gasteiger partial charge in [0.15, 0.2) is 5.78 Å². The van der Waals surface area contributed by atoms with Gasteiger partial charge in [-0.1, -0.05) is 18.2 Å². The number of hydrogen-bond donors (Lipinski definition) is 1. The first-order valence-corrected chi connectivity index (χ1v) is 6.05. The highest BCUT2D eigenvalue weighted by Crippen LogP contribution is 2.15. The molecule has 1 aromatic heterocycles. The Kier molecular flexibility index (Phi) is 3.96. The first-order chi connectivity index (χ1) is 9.63. The average Bonchev–Trinajstić information content (AvgIpc) is 2.82. The van der Waals surface area contributed by atoms with Crippen LogP contribution in [0.3, 0.4) is 0 Å². The summed E-state index contributed by atoms with van der Waals surface area (Å²) < 4.78 is 1.56. The van der Waals surface area contributed by atoms with Gasteiger partial charge in [-0.25, -0.2) is 0 Å². The Hall–Kier alpha value is -2.87. The first-order valence-electron chi connectivity index (χ1n) is 6.05. The van der Waals surface area contributed by atoms with Crippen LogP contribution in [-0.2, 0) is 7.05 Å². The molecule has 1 aromatic carbocycles. The molecule has 0 aliphatic carbocycles. The van der Waals surface area contributed by atoms with E-state index < -0.39 is 0 Å². The van der Waals surface area contributed by atoms with E-state index in [0.29, 0.717) is 5.69 Å². The molecule has 2 rings (SSSR count). The van der Waals surface area contributed by atoms with Crippen molar-refractivity contribution in [3.05, 3.63) is 53.9 Å². The molecule has 0 saturated heterocycles. The number of aryl methyl sites for hydroxylation is 1. The topological polar surface area (TPSA) is 74.9 Å². The molecule has 5 heteroatoms. The van der Waals surface area contributed by atoms with Gasteiger partial charge in [-0.2, -0.15) is 5.26 Å². The first kappa shape index (κ1) is 13.6. The number of hydrogen-bond acceptors (Lipinski definition) is 3. The zero-order valence-electron chi connectivity index (χ0n) is 11.0. The van der Waals surface area contributed by atoms with Crippen molar-refractivity contribution < 1.29 is 9.59 Å². The Morgan fingerprint density at radius 2 is 1.95 bits per heavy atom. The fourth-order valence-electron chi connectivity index (χ4n) is 1.94. The molecule has 0 radical (unpaired) electrons. The number of aromatic nitrogens is 1. The number of carbonyl (C=O) groups is 2. The molecule has 0 spiro atoms. The number of nitrogens with zero attached hydrogens (tertiary/aromatic N) is 2. The highest BCUT2D eigenvalue weighted by molar-refractivity contribution is 6.12. The van der Waals surface area contributed by atoms with Crippen molar-refractivity contribution in [2.75, 3.05) is 5.32 Å². The van der Waals surface area contributed by atoms with Crippen LogP contribution in [0.15, 0.2) is 42.6 Å². The Labute approximate surface area is 116 Å². The zero-order valence-corrected chi connectivity index (χ0v) is 11.0. The molecule has 0 atom stereocenters. The van der Waals surface area contributed by atoms with Gasteiger partial charge in [-0.3, -0.25) is 9.59 Å². The van der Waals surface area contributed by atoms with Crippen LogP contribution in [0.4, 0.5) is 5.69 Å². The smallest absolute Gasteiger partial charge is 0.257 e. The van der Waals surface area contributed by atoms with Gasteiger partial charge >= 0.3 is 0 Å². The third kappa shape index (κ3) is 2.75. The number of carbonyl (C=O) groups excluding carboxylic acids is 2. The molecule has 1 N–H and O–H groups in total. The van der Waals surface area contributed by atoms with Crippen LogP contribution in [-0.4, -0.2) is 16.3 Å². The summed E-state index contributed by atoms with van der Waals surface area (Å²) in [4.78, 5) is 24.1. The molecule has 20 heavy (non-hydrogen) atoms. The van der Waals surface area contributed by atoms with Crippen molar-refractivity contribution in [1.29, 1.82) is 5.26 Å². The molecular formula is C15H13N3O2. The second kappa shape index (κ2) is 5.85. The molecule has 100 valence electrons. The highest BCUT2D eigenvalue weighted by atomic mass is 16.2. The largest absolute Gasteiger partial charge is 0.347 e. The normalized spacial score (nSPS) is 9.80. The second-order valence-electron chi connectivity index (χ2n) is 4.27. The second-order valence-corrected chi connectivity index (χ2v) is 4.27. The molecule has 1 heterocycles. The van der Waals surface area contributed by atoms with E-state index in [1.807, 2.05) is 18.2 Å². The molecule has 2 aromatic rings. The molecule has 0 aliphatic rings. The van der Waals surface area contributed by atoms with Crippen LogP contribution in [0.5, 0.6) is 0 Å². The lowest BCUT2D eigenvalue weighted by molar-refractivity contribution is 0.0969. The summed E-state index contributed by atoms with van der Waals surface area (Å²) in [5.74, 6) is -0.726. The Morgan fingerprint density at radius 3 is 2.60 bits per heavy atom. The predicted molar refractivity (Wildman–Crippen MR) is 74.4 cm³/mol. The summed E-state index contributed by atoms with van der Waals surface area (Å²) in [6, 6.07) is 12.4. The van der Waals surface area contributed by atoms with Crippen molar-refractivity contribution >= 4 is 17.4 Å². The summed E-state index contributed by atoms with van der Waals surface area (Å²) in [5.41, 5.74) is 1.18. The number of rotatable bonds is 4. The number of anilines is 1. The lowest BCUT2D eigenvalue weighted by atomic mass is 10.1. The number of nitrogens with one attached hydrogen (secondary N) is 1. The molecule has 0 unspecified atom stereocenters. The molecule has 0 aliphatic heterocycles. The Balaban J connectivity index is 2.27. The van der Waals surface area contributed by atoms with Crippen LogP contribution in [0, 0.1) is 11.3 Å². The minimum absolute atomic E-state index is 0.247. The van der Waals surface area contributed by atoms with Gasteiger partial charge in [-0.05, 0) is 18.2 Å². The Morgan fingerprint density at radius 1 is 1.25 bits per heavy atom. The van der Waals surface area contributed by atoms with Crippen LogP contribution in [0.1, 0.15) is 27.3 Å². The average molecular weight is 267 g/mol. The minimum atomic E-state index is -0.363. The maximum atomic E-state index is 12.2. The number of nitriles is 1. The third-order valence-electron chi connectivity index (χ3n) is 2.85. The van der Waals surface area contributed by atoms with E-state index in [4.69, 9.17) is 5.26 Å². The molecule has 0 bridgehead atoms. The van der Waals surface area contributed by atoms with Crippen molar-refractivity contribution in [3.63, 3.8) is 0 Å². The van der Waals surface area contributed by atoms with Crippen molar-refractivity contribution in [2.24, 2.45) is 7.05 Å². The standard InChI is InChI=1S/C15H13N3O2/c1-18-10-8-12(14(18)13(19)7-9-16)15(20)17-11-5-3-2-4-6-11/h2-6,8,10H,7H2,1H3,(H,17,20). The molecule has 0 fully saturated rings. The number of benzene rings is 1. The van der Waals surface area contributed by atoms with E-state index >= 15 is 0 Å². The fourth-order valence-corrected chi connectivity index (χ4v) is 1.94. The van der Waals surface area contributed by atoms with Crippen molar-refractivity contribution in [3.8, 4) is 6.07 Å². The summed E-state index contributed by atoms with van der Waals surface area (Å²) >= 11 is 0. The van der Waals surface area contributed by atoms with E-state index in [1.54, 1.807) is 42.1 Å². The molecule has 0 saturated carbocycles. The van der Waals surface area contributed by atoms with Gasteiger partial charge in [0.05, 0.1) is 17.3 Å². The maximum Gasteiger partial charge on any atom is 0.257 e. The number of amides is 1. The van der Waals surface area contributed by atoms with Gasteiger partial charge in [0.1, 0.15) is 6.42 Å². The monoisotopic (exact) mass is 267 g/mol. The van der Waals surface area contributed by atoms with E-state index in [-0.39, 0.29) is 29.4 Å². The van der Waals surface area contributed by atoms with Gasteiger partial charge < -0.3 is 9.88 Å². The van der Waals surface area contributed by atoms with Gasteiger partial charge in [0.2, 0.25) is 0 Å². The zero-order chi connectivity index (χ0) is 14.5. The molecule has 5 nitrogen and oxygen atoms in total. The number of ketones is 1. The number of Topliss-reactive ketones (excluding diaryl/α,β-unsaturated/α-hetero) is 1. The lowest BCUT2D eigenvalue weighted by Gasteiger charge is -2.06. The van der Waals surface area contributed by atoms with E-state index in [1.165, 1.54) is 0 Å². The minimum Gasteiger partial charge on any atom is -0.347 e. The number of para-hydroxylation sites is 1. The summed E-state index contributed by atoms with van der Waals surface area (Å²) in [5, 5.41) is 11.3. The molecule has 1 amide bonds. The van der Waals surface area contributed by atoms with Crippen molar-refractivity contribution in [2.45, 2.75) is 6.42 Å². The molecular weight excluding hydrogens is 254 g/mol. The summed E-state index contributed by atoms with van der Waals surface area (Å²) in [7, 11) is 1.67. The van der Waals surface area contributed by atoms with Crippen LogP contribution < -0.4 is 5.32 Å². The van der Waals surface area contributed by atoms with E-state index in [2.05, 4.69) is 5.32 Å². The lowest BCUT2D eigenvalue weighted by Crippen LogP contribution is -2.17. The summed E-state index contributed by atoms with van der Waals surface area (Å²) in [6.07, 6.45) is 1.38. The SMILES string of the molecule is Cn1ccc(C(=O)Nc2ccccc2)c1C(=O)CC#N. The fraction of sp³-hybridized carbons (Fsp3) is 0.133. The van der Waals surface area contributed by atoms with Crippen LogP contribution in [0.2, 0.25) is 0 Å². The third-order valence-corrected chi connectivity index (χ3v) is 2.85. The van der Waals surface area contributed by atoms with Gasteiger partial charge in [0, 0.05) is 18.9 Å². The van der Waals surface area contributed by atoms with Gasteiger partial charge in [-0.15, -0.1) is 0 Å². The highest BCUT2D eigenvalue weighted by Gasteiger charge is 2.20.